The average molecular weight is 268 g/mol. The Morgan fingerprint density at radius 3 is 2.11 bits per heavy atom. The van der Waals surface area contributed by atoms with Crippen molar-refractivity contribution in [2.45, 2.75) is 13.0 Å². The number of carboxylic acids is 1. The van der Waals surface area contributed by atoms with E-state index in [-0.39, 0.29) is 0 Å². The minimum absolute atomic E-state index is 0.436. The first kappa shape index (κ1) is 14.6. The van der Waals surface area contributed by atoms with Crippen LogP contribution in [-0.2, 0) is 4.79 Å². The van der Waals surface area contributed by atoms with Crippen molar-refractivity contribution in [3.05, 3.63) is 18.2 Å². The van der Waals surface area contributed by atoms with Crippen LogP contribution in [0.15, 0.2) is 18.2 Å². The maximum atomic E-state index is 11.6. The van der Waals surface area contributed by atoms with Crippen LogP contribution in [0.5, 0.6) is 11.5 Å². The highest BCUT2D eigenvalue weighted by Crippen LogP contribution is 2.25. The summed E-state index contributed by atoms with van der Waals surface area (Å²) in [5.74, 6) is -0.0831. The van der Waals surface area contributed by atoms with Gasteiger partial charge < -0.3 is 25.2 Å². The van der Waals surface area contributed by atoms with Gasteiger partial charge in [-0.15, -0.1) is 0 Å². The van der Waals surface area contributed by atoms with Crippen molar-refractivity contribution >= 4 is 17.7 Å². The van der Waals surface area contributed by atoms with Gasteiger partial charge in [0.1, 0.15) is 17.5 Å². The molecule has 7 heteroatoms. The summed E-state index contributed by atoms with van der Waals surface area (Å²) in [5, 5.41) is 13.5. The summed E-state index contributed by atoms with van der Waals surface area (Å²) in [4.78, 5) is 22.2. The predicted octanol–water partition coefficient (Wildman–Crippen LogP) is 1.30. The molecule has 1 aromatic rings. The monoisotopic (exact) mass is 268 g/mol. The average Bonchev–Trinajstić information content (AvgIpc) is 2.37. The molecule has 0 aliphatic rings. The Labute approximate surface area is 110 Å². The lowest BCUT2D eigenvalue weighted by atomic mass is 10.2. The van der Waals surface area contributed by atoms with Crippen molar-refractivity contribution in [1.82, 2.24) is 5.32 Å². The lowest BCUT2D eigenvalue weighted by Gasteiger charge is -2.12. The number of methoxy groups -OCH3 is 2. The van der Waals surface area contributed by atoms with E-state index >= 15 is 0 Å². The van der Waals surface area contributed by atoms with E-state index in [0.717, 1.165) is 0 Å². The largest absolute Gasteiger partial charge is 0.497 e. The van der Waals surface area contributed by atoms with E-state index in [9.17, 15) is 9.59 Å². The van der Waals surface area contributed by atoms with E-state index in [4.69, 9.17) is 14.6 Å². The zero-order chi connectivity index (χ0) is 14.4. The standard InChI is InChI=1S/C12H16N2O5/c1-7(11(15)16)13-12(17)14-8-4-9(18-2)6-10(5-8)19-3/h4-7H,1-3H3,(H,15,16)(H2,13,14,17)/t7-/m1/s1. The molecule has 104 valence electrons. The summed E-state index contributed by atoms with van der Waals surface area (Å²) in [6.45, 7) is 1.37. The number of carboxylic acid groups (broad SMARTS) is 1. The summed E-state index contributed by atoms with van der Waals surface area (Å²) in [6.07, 6.45) is 0. The van der Waals surface area contributed by atoms with Gasteiger partial charge in [-0.3, -0.25) is 4.79 Å². The highest BCUT2D eigenvalue weighted by atomic mass is 16.5. The number of hydrogen-bond donors (Lipinski definition) is 3. The van der Waals surface area contributed by atoms with Crippen molar-refractivity contribution < 1.29 is 24.2 Å². The number of rotatable bonds is 5. The normalized spacial score (nSPS) is 11.3. The third kappa shape index (κ3) is 4.38. The molecule has 0 bridgehead atoms. The number of aliphatic carboxylic acids is 1. The van der Waals surface area contributed by atoms with Gasteiger partial charge in [0.05, 0.1) is 14.2 Å². The lowest BCUT2D eigenvalue weighted by molar-refractivity contribution is -0.138. The molecule has 0 aliphatic carbocycles. The van der Waals surface area contributed by atoms with Gasteiger partial charge >= 0.3 is 12.0 Å². The number of benzene rings is 1. The topological polar surface area (TPSA) is 96.9 Å². The third-order valence-electron chi connectivity index (χ3n) is 2.33. The van der Waals surface area contributed by atoms with Crippen molar-refractivity contribution in [3.8, 4) is 11.5 Å². The zero-order valence-corrected chi connectivity index (χ0v) is 10.9. The molecule has 3 N–H and O–H groups in total. The Morgan fingerprint density at radius 2 is 1.68 bits per heavy atom. The lowest BCUT2D eigenvalue weighted by Crippen LogP contribution is -2.40. The summed E-state index contributed by atoms with van der Waals surface area (Å²) in [6, 6.07) is 3.24. The molecule has 0 unspecified atom stereocenters. The Morgan fingerprint density at radius 1 is 1.16 bits per heavy atom. The minimum atomic E-state index is -1.11. The molecule has 1 aromatic carbocycles. The SMILES string of the molecule is COc1cc(NC(=O)N[C@H](C)C(=O)O)cc(OC)c1. The van der Waals surface area contributed by atoms with E-state index in [2.05, 4.69) is 10.6 Å². The molecule has 0 heterocycles. The first-order valence-corrected chi connectivity index (χ1v) is 5.49. The summed E-state index contributed by atoms with van der Waals surface area (Å²) < 4.78 is 10.1. The molecule has 1 rings (SSSR count). The molecule has 0 fully saturated rings. The Balaban J connectivity index is 2.75. The fourth-order valence-electron chi connectivity index (χ4n) is 1.31. The first-order valence-electron chi connectivity index (χ1n) is 5.49. The Bertz CT molecular complexity index is 453. The summed E-state index contributed by atoms with van der Waals surface area (Å²) in [7, 11) is 2.98. The van der Waals surface area contributed by atoms with Gasteiger partial charge in [0, 0.05) is 23.9 Å². The second-order valence-electron chi connectivity index (χ2n) is 3.76. The molecular formula is C12H16N2O5. The fourth-order valence-corrected chi connectivity index (χ4v) is 1.31. The summed E-state index contributed by atoms with van der Waals surface area (Å²) in [5.41, 5.74) is 0.436. The van der Waals surface area contributed by atoms with E-state index < -0.39 is 18.0 Å². The number of carbonyl (C=O) groups is 2. The van der Waals surface area contributed by atoms with Crippen LogP contribution in [0.4, 0.5) is 10.5 Å². The number of anilines is 1. The predicted molar refractivity (Wildman–Crippen MR) is 68.8 cm³/mol. The van der Waals surface area contributed by atoms with E-state index in [1.165, 1.54) is 21.1 Å². The van der Waals surface area contributed by atoms with Crippen LogP contribution >= 0.6 is 0 Å². The molecule has 19 heavy (non-hydrogen) atoms. The maximum Gasteiger partial charge on any atom is 0.325 e. The third-order valence-corrected chi connectivity index (χ3v) is 2.33. The number of nitrogens with one attached hydrogen (secondary N) is 2. The van der Waals surface area contributed by atoms with Crippen LogP contribution in [0.2, 0.25) is 0 Å². The molecule has 2 amide bonds. The molecule has 1 atom stereocenters. The van der Waals surface area contributed by atoms with Gasteiger partial charge in [0.15, 0.2) is 0 Å². The quantitative estimate of drug-likeness (QED) is 0.747. The first-order chi connectivity index (χ1) is 8.96. The number of urea groups is 1. The minimum Gasteiger partial charge on any atom is -0.497 e. The van der Waals surface area contributed by atoms with Gasteiger partial charge in [-0.05, 0) is 6.92 Å². The van der Waals surface area contributed by atoms with Gasteiger partial charge in [0.25, 0.3) is 0 Å². The van der Waals surface area contributed by atoms with E-state index in [1.807, 2.05) is 0 Å². The molecule has 0 radical (unpaired) electrons. The molecule has 7 nitrogen and oxygen atoms in total. The Kier molecular flexibility index (Phi) is 4.99. The summed E-state index contributed by atoms with van der Waals surface area (Å²) >= 11 is 0. The highest BCUT2D eigenvalue weighted by molar-refractivity contribution is 5.92. The number of amides is 2. The van der Waals surface area contributed by atoms with Crippen molar-refractivity contribution in [2.24, 2.45) is 0 Å². The molecule has 0 aromatic heterocycles. The molecule has 0 spiro atoms. The van der Waals surface area contributed by atoms with Crippen LogP contribution in [0.3, 0.4) is 0 Å². The van der Waals surface area contributed by atoms with Crippen molar-refractivity contribution in [2.75, 3.05) is 19.5 Å². The van der Waals surface area contributed by atoms with E-state index in [0.29, 0.717) is 17.2 Å². The van der Waals surface area contributed by atoms with Gasteiger partial charge in [-0.25, -0.2) is 4.79 Å². The second kappa shape index (κ2) is 6.48. The number of hydrogen-bond acceptors (Lipinski definition) is 4. The van der Waals surface area contributed by atoms with E-state index in [1.54, 1.807) is 18.2 Å². The maximum absolute atomic E-state index is 11.6. The molecule has 0 saturated carbocycles. The van der Waals surface area contributed by atoms with Gasteiger partial charge in [-0.1, -0.05) is 0 Å². The zero-order valence-electron chi connectivity index (χ0n) is 10.9. The van der Waals surface area contributed by atoms with Crippen LogP contribution in [-0.4, -0.2) is 37.4 Å². The second-order valence-corrected chi connectivity index (χ2v) is 3.76. The van der Waals surface area contributed by atoms with Gasteiger partial charge in [-0.2, -0.15) is 0 Å². The van der Waals surface area contributed by atoms with Crippen molar-refractivity contribution in [1.29, 1.82) is 0 Å². The fraction of sp³-hybridized carbons (Fsp3) is 0.333. The van der Waals surface area contributed by atoms with Crippen molar-refractivity contribution in [3.63, 3.8) is 0 Å². The van der Waals surface area contributed by atoms with Crippen LogP contribution in [0.1, 0.15) is 6.92 Å². The molecule has 0 saturated heterocycles. The Hall–Kier alpha value is -2.44. The van der Waals surface area contributed by atoms with Crippen LogP contribution in [0.25, 0.3) is 0 Å². The van der Waals surface area contributed by atoms with Gasteiger partial charge in [0.2, 0.25) is 0 Å². The highest BCUT2D eigenvalue weighted by Gasteiger charge is 2.14. The smallest absolute Gasteiger partial charge is 0.325 e. The number of ether oxygens (including phenoxy) is 2. The van der Waals surface area contributed by atoms with Crippen LogP contribution in [0, 0.1) is 0 Å². The number of carbonyl (C=O) groups excluding carboxylic acids is 1. The van der Waals surface area contributed by atoms with Crippen LogP contribution < -0.4 is 20.1 Å². The molecule has 0 aliphatic heterocycles. The molecular weight excluding hydrogens is 252 g/mol.